The Labute approximate surface area is 242 Å². The molecular weight excluding hydrogens is 657 g/mol. The molecule has 4 rings (SSSR count). The fourth-order valence-corrected chi connectivity index (χ4v) is 6.05. The third-order valence-corrected chi connectivity index (χ3v) is 9.02. The van der Waals surface area contributed by atoms with Gasteiger partial charge in [0.2, 0.25) is 0 Å². The first kappa shape index (κ1) is 31.7. The summed E-state index contributed by atoms with van der Waals surface area (Å²) in [5, 5.41) is 25.0. The van der Waals surface area contributed by atoms with Crippen LogP contribution < -0.4 is 0 Å². The quantitative estimate of drug-likeness (QED) is 0.129. The van der Waals surface area contributed by atoms with Crippen molar-refractivity contribution in [3.05, 3.63) is 66.7 Å². The van der Waals surface area contributed by atoms with Crippen LogP contribution in [-0.2, 0) is 40.5 Å². The summed E-state index contributed by atoms with van der Waals surface area (Å²) in [5.41, 5.74) is -2.34. The average molecular weight is 673 g/mol. The van der Waals surface area contributed by atoms with E-state index in [1.165, 1.54) is 12.1 Å². The molecule has 0 spiro atoms. The molecule has 0 bridgehead atoms. The van der Waals surface area contributed by atoms with Gasteiger partial charge in [0, 0.05) is 5.39 Å². The van der Waals surface area contributed by atoms with Gasteiger partial charge in [0.05, 0.1) is 4.90 Å². The molecule has 4 aromatic rings. The Morgan fingerprint density at radius 2 is 1.02 bits per heavy atom. The predicted molar refractivity (Wildman–Crippen MR) is 146 cm³/mol. The Kier molecular flexibility index (Phi) is 8.20. The molecule has 0 saturated carbocycles. The highest BCUT2D eigenvalue weighted by Gasteiger charge is 2.24. The molecule has 0 atom stereocenters. The van der Waals surface area contributed by atoms with Crippen molar-refractivity contribution in [3.63, 3.8) is 0 Å². The minimum absolute atomic E-state index is 0.155. The summed E-state index contributed by atoms with van der Waals surface area (Å²) in [4.78, 5) is -3.40. The van der Waals surface area contributed by atoms with Gasteiger partial charge in [0.15, 0.2) is 5.75 Å². The van der Waals surface area contributed by atoms with Gasteiger partial charge in [-0.1, -0.05) is 24.3 Å². The zero-order valence-corrected chi connectivity index (χ0v) is 24.0. The Hall–Kier alpha value is -4.22. The van der Waals surface area contributed by atoms with Crippen LogP contribution in [0.4, 0.5) is 22.7 Å². The van der Waals surface area contributed by atoms with Crippen molar-refractivity contribution in [2.24, 2.45) is 20.5 Å². The molecular formula is C22H16N4O13S4. The van der Waals surface area contributed by atoms with E-state index in [9.17, 15) is 57.0 Å². The molecule has 0 aliphatic heterocycles. The van der Waals surface area contributed by atoms with Crippen molar-refractivity contribution in [1.29, 1.82) is 0 Å². The molecule has 43 heavy (non-hydrogen) atoms. The molecule has 0 aliphatic carbocycles. The van der Waals surface area contributed by atoms with E-state index >= 15 is 0 Å². The molecule has 4 aromatic carbocycles. The maximum Gasteiger partial charge on any atom is 0.298 e. The first-order chi connectivity index (χ1) is 19.8. The molecule has 0 fully saturated rings. The summed E-state index contributed by atoms with van der Waals surface area (Å²) in [6, 6.07) is 11.1. The third-order valence-electron chi connectivity index (χ3n) is 5.51. The van der Waals surface area contributed by atoms with Gasteiger partial charge >= 0.3 is 0 Å². The number of hydrogen-bond acceptors (Lipinski definition) is 13. The molecule has 0 saturated heterocycles. The van der Waals surface area contributed by atoms with E-state index < -0.39 is 88.6 Å². The SMILES string of the molecule is O=S(=O)(O)c1ccc2c(N=Nc3cccc(S(=O)(=O)O)c3N=Nc3ccccc3S(=O)(=O)O)c(O)c(S(=O)(=O)O)cc2c1. The van der Waals surface area contributed by atoms with Gasteiger partial charge in [0.25, 0.3) is 40.5 Å². The Balaban J connectivity index is 1.98. The topological polar surface area (TPSA) is 287 Å². The molecule has 0 unspecified atom stereocenters. The zero-order valence-electron chi connectivity index (χ0n) is 20.8. The number of fused-ring (bicyclic) bond motifs is 1. The maximum atomic E-state index is 12.1. The van der Waals surface area contributed by atoms with Crippen molar-refractivity contribution in [2.45, 2.75) is 19.6 Å². The number of azo groups is 2. The third kappa shape index (κ3) is 6.89. The Morgan fingerprint density at radius 1 is 0.488 bits per heavy atom. The molecule has 226 valence electrons. The van der Waals surface area contributed by atoms with Crippen molar-refractivity contribution >= 4 is 74.0 Å². The van der Waals surface area contributed by atoms with E-state index in [0.717, 1.165) is 48.5 Å². The van der Waals surface area contributed by atoms with E-state index in [2.05, 4.69) is 20.5 Å². The van der Waals surface area contributed by atoms with E-state index in [1.807, 2.05) is 0 Å². The first-order valence-corrected chi connectivity index (χ1v) is 16.8. The lowest BCUT2D eigenvalue weighted by Crippen LogP contribution is -2.00. The van der Waals surface area contributed by atoms with Crippen LogP contribution in [0.15, 0.2) is 107 Å². The monoisotopic (exact) mass is 672 g/mol. The number of phenolic OH excluding ortho intramolecular Hbond substituents is 1. The standard InChI is InChI=1S/C22H16N4O13S4/c27-22-19(43(37,38)39)11-12-10-13(40(28,29)30)8-9-14(12)20(22)25-24-16-5-3-7-18(42(34,35)36)21(16)26-23-15-4-1-2-6-17(15)41(31,32)33/h1-11,27H,(H,28,29,30)(H,31,32,33)(H,34,35,36)(H,37,38,39). The number of rotatable bonds is 8. The van der Waals surface area contributed by atoms with E-state index in [1.54, 1.807) is 0 Å². The van der Waals surface area contributed by atoms with Crippen LogP contribution in [0.3, 0.4) is 0 Å². The zero-order chi connectivity index (χ0) is 32.0. The van der Waals surface area contributed by atoms with Gasteiger partial charge < -0.3 is 5.11 Å². The largest absolute Gasteiger partial charge is 0.504 e. The van der Waals surface area contributed by atoms with Crippen molar-refractivity contribution in [2.75, 3.05) is 0 Å². The van der Waals surface area contributed by atoms with E-state index in [4.69, 9.17) is 0 Å². The Bertz CT molecular complexity index is 2300. The summed E-state index contributed by atoms with van der Waals surface area (Å²) in [7, 11) is -19.8. The molecule has 0 aliphatic rings. The van der Waals surface area contributed by atoms with Gasteiger partial charge in [-0.15, -0.1) is 20.5 Å². The number of benzene rings is 4. The fourth-order valence-electron chi connectivity index (χ4n) is 3.65. The van der Waals surface area contributed by atoms with Crippen molar-refractivity contribution in [3.8, 4) is 5.75 Å². The molecule has 5 N–H and O–H groups in total. The molecule has 21 heteroatoms. The average Bonchev–Trinajstić information content (AvgIpc) is 2.89. The van der Waals surface area contributed by atoms with Gasteiger partial charge in [0.1, 0.15) is 37.4 Å². The minimum atomic E-state index is -5.15. The van der Waals surface area contributed by atoms with Crippen molar-refractivity contribution in [1.82, 2.24) is 0 Å². The lowest BCUT2D eigenvalue weighted by Gasteiger charge is -2.10. The second-order valence-corrected chi connectivity index (χ2v) is 13.9. The minimum Gasteiger partial charge on any atom is -0.504 e. The molecule has 0 amide bonds. The number of nitrogens with zero attached hydrogens (tertiary/aromatic N) is 4. The van der Waals surface area contributed by atoms with Crippen LogP contribution in [0.25, 0.3) is 10.8 Å². The highest BCUT2D eigenvalue weighted by Crippen LogP contribution is 2.43. The highest BCUT2D eigenvalue weighted by molar-refractivity contribution is 7.86. The molecule has 0 radical (unpaired) electrons. The number of phenols is 1. The lowest BCUT2D eigenvalue weighted by atomic mass is 10.1. The van der Waals surface area contributed by atoms with Crippen LogP contribution >= 0.6 is 0 Å². The van der Waals surface area contributed by atoms with E-state index in [-0.39, 0.29) is 10.8 Å². The smallest absolute Gasteiger partial charge is 0.298 e. The van der Waals surface area contributed by atoms with Gasteiger partial charge in [-0.05, 0) is 47.9 Å². The maximum absolute atomic E-state index is 12.1. The summed E-state index contributed by atoms with van der Waals surface area (Å²) in [6.07, 6.45) is 0. The van der Waals surface area contributed by atoms with Crippen LogP contribution in [0, 0.1) is 0 Å². The summed E-state index contributed by atoms with van der Waals surface area (Å²) >= 11 is 0. The summed E-state index contributed by atoms with van der Waals surface area (Å²) < 4.78 is 133. The highest BCUT2D eigenvalue weighted by atomic mass is 32.2. The van der Waals surface area contributed by atoms with Crippen LogP contribution in [0.2, 0.25) is 0 Å². The van der Waals surface area contributed by atoms with Crippen LogP contribution in [0.1, 0.15) is 0 Å². The van der Waals surface area contributed by atoms with Gasteiger partial charge in [-0.25, -0.2) is 0 Å². The van der Waals surface area contributed by atoms with Crippen LogP contribution in [-0.4, -0.2) is 57.0 Å². The second kappa shape index (κ2) is 11.1. The van der Waals surface area contributed by atoms with E-state index in [0.29, 0.717) is 6.07 Å². The Morgan fingerprint density at radius 3 is 1.63 bits per heavy atom. The number of aromatic hydroxyl groups is 1. The predicted octanol–water partition coefficient (Wildman–Crippen LogP) is 4.36. The fraction of sp³-hybridized carbons (Fsp3) is 0. The van der Waals surface area contributed by atoms with Crippen molar-refractivity contribution < 1.29 is 57.0 Å². The molecule has 0 aromatic heterocycles. The molecule has 0 heterocycles. The second-order valence-electron chi connectivity index (χ2n) is 8.35. The van der Waals surface area contributed by atoms with Gasteiger partial charge in [-0.2, -0.15) is 33.7 Å². The number of hydrogen-bond donors (Lipinski definition) is 5. The first-order valence-electron chi connectivity index (χ1n) is 11.0. The summed E-state index contributed by atoms with van der Waals surface area (Å²) in [5.74, 6) is -1.16. The normalized spacial score (nSPS) is 13.3. The summed E-state index contributed by atoms with van der Waals surface area (Å²) in [6.45, 7) is 0. The van der Waals surface area contributed by atoms with Gasteiger partial charge in [-0.3, -0.25) is 18.2 Å². The lowest BCUT2D eigenvalue weighted by molar-refractivity contribution is 0.444. The molecule has 17 nitrogen and oxygen atoms in total. The van der Waals surface area contributed by atoms with Crippen LogP contribution in [0.5, 0.6) is 5.75 Å².